The predicted molar refractivity (Wildman–Crippen MR) is 130 cm³/mol. The molecule has 6 N–H and O–H groups in total. The Morgan fingerprint density at radius 3 is 1.93 bits per heavy atom. The third-order valence-corrected chi connectivity index (χ3v) is 5.20. The molecule has 236 valence electrons. The topological polar surface area (TPSA) is 229 Å². The molecule has 0 bridgehead atoms. The van der Waals surface area contributed by atoms with Crippen molar-refractivity contribution in [2.24, 2.45) is 11.5 Å². The summed E-state index contributed by atoms with van der Waals surface area (Å²) < 4.78 is 69.0. The number of hydrogen-bond donors (Lipinski definition) is 4. The average Bonchev–Trinajstić information content (AvgIpc) is 3.40. The van der Waals surface area contributed by atoms with Gasteiger partial charge in [-0.2, -0.15) is 26.3 Å². The molecule has 2 aromatic rings. The monoisotopic (exact) mass is 627 g/mol. The van der Waals surface area contributed by atoms with Gasteiger partial charge >= 0.3 is 24.3 Å². The van der Waals surface area contributed by atoms with E-state index in [4.69, 9.17) is 36.0 Å². The van der Waals surface area contributed by atoms with E-state index in [1.165, 1.54) is 17.0 Å². The third kappa shape index (κ3) is 12.2. The Hall–Kier alpha value is -5.01. The van der Waals surface area contributed by atoms with Crippen molar-refractivity contribution in [3.63, 3.8) is 0 Å². The molecule has 1 saturated heterocycles. The van der Waals surface area contributed by atoms with Gasteiger partial charge in [0.15, 0.2) is 0 Å². The number of likely N-dealkylation sites (tertiary alicyclic amines) is 1. The van der Waals surface area contributed by atoms with Crippen molar-refractivity contribution in [3.05, 3.63) is 58.3 Å². The molecule has 0 spiro atoms. The quantitative estimate of drug-likeness (QED) is 0.198. The fourth-order valence-electron chi connectivity index (χ4n) is 3.24. The van der Waals surface area contributed by atoms with E-state index in [1.807, 2.05) is 0 Å². The summed E-state index contributed by atoms with van der Waals surface area (Å²) >= 11 is 0. The molecular formula is C23H23F6N5O9. The van der Waals surface area contributed by atoms with Gasteiger partial charge in [0.05, 0.1) is 11.0 Å². The summed E-state index contributed by atoms with van der Waals surface area (Å²) in [6.45, 7) is 0.481. The van der Waals surface area contributed by atoms with E-state index in [0.29, 0.717) is 25.1 Å². The predicted octanol–water partition coefficient (Wildman–Crippen LogP) is 2.39. The van der Waals surface area contributed by atoms with Crippen LogP contribution in [0.2, 0.25) is 0 Å². The van der Waals surface area contributed by atoms with Crippen LogP contribution in [-0.2, 0) is 25.6 Å². The highest BCUT2D eigenvalue weighted by Crippen LogP contribution is 2.23. The van der Waals surface area contributed by atoms with Crippen LogP contribution >= 0.6 is 0 Å². The van der Waals surface area contributed by atoms with Crippen LogP contribution in [0.4, 0.5) is 32.0 Å². The molecule has 1 aromatic carbocycles. The SMILES string of the molecule is NC(=O)[C@@H]1CCCN1C(=O)[C@@H](N)Cc1ccc(Oc2ccc([N+](=O)[O-])cn2)cc1.O=C(O)C(F)(F)F.O=C(O)C(F)(F)F. The maximum Gasteiger partial charge on any atom is 0.490 e. The Morgan fingerprint density at radius 2 is 1.53 bits per heavy atom. The number of halogens is 6. The number of aromatic nitrogens is 1. The van der Waals surface area contributed by atoms with Crippen molar-refractivity contribution in [3.8, 4) is 11.6 Å². The number of aliphatic carboxylic acids is 2. The molecule has 0 aliphatic carbocycles. The zero-order valence-corrected chi connectivity index (χ0v) is 21.5. The lowest BCUT2D eigenvalue weighted by Crippen LogP contribution is -2.50. The number of primary amides is 1. The molecule has 43 heavy (non-hydrogen) atoms. The highest BCUT2D eigenvalue weighted by molar-refractivity contribution is 5.89. The first-order chi connectivity index (χ1) is 19.7. The molecule has 1 aliphatic heterocycles. The van der Waals surface area contributed by atoms with Crippen molar-refractivity contribution >= 4 is 29.4 Å². The molecule has 2 amide bonds. The van der Waals surface area contributed by atoms with E-state index in [0.717, 1.165) is 18.2 Å². The Morgan fingerprint density at radius 1 is 1.02 bits per heavy atom. The summed E-state index contributed by atoms with van der Waals surface area (Å²) in [5.74, 6) is -5.60. The number of hydrogen-bond acceptors (Lipinski definition) is 9. The fourth-order valence-corrected chi connectivity index (χ4v) is 3.24. The van der Waals surface area contributed by atoms with Gasteiger partial charge in [0.2, 0.25) is 17.7 Å². The van der Waals surface area contributed by atoms with E-state index >= 15 is 0 Å². The number of benzene rings is 1. The summed E-state index contributed by atoms with van der Waals surface area (Å²) in [7, 11) is 0. The number of pyridine rings is 1. The first kappa shape index (κ1) is 36.0. The Bertz CT molecular complexity index is 1260. The molecule has 1 fully saturated rings. The van der Waals surface area contributed by atoms with Crippen LogP contribution < -0.4 is 16.2 Å². The highest BCUT2D eigenvalue weighted by Gasteiger charge is 2.39. The average molecular weight is 627 g/mol. The van der Waals surface area contributed by atoms with Crippen molar-refractivity contribution in [2.75, 3.05) is 6.54 Å². The first-order valence-corrected chi connectivity index (χ1v) is 11.6. The minimum absolute atomic E-state index is 0.122. The molecule has 2 atom stereocenters. The molecule has 0 saturated carbocycles. The summed E-state index contributed by atoms with van der Waals surface area (Å²) in [5.41, 5.74) is 12.1. The first-order valence-electron chi connectivity index (χ1n) is 11.6. The number of carboxylic acid groups (broad SMARTS) is 2. The van der Waals surface area contributed by atoms with Crippen molar-refractivity contribution in [2.45, 2.75) is 43.7 Å². The zero-order valence-electron chi connectivity index (χ0n) is 21.5. The van der Waals surface area contributed by atoms with E-state index in [2.05, 4.69) is 4.98 Å². The number of carboxylic acids is 2. The highest BCUT2D eigenvalue weighted by atomic mass is 19.4. The lowest BCUT2D eigenvalue weighted by Gasteiger charge is -2.25. The third-order valence-electron chi connectivity index (χ3n) is 5.20. The van der Waals surface area contributed by atoms with Crippen LogP contribution in [0.3, 0.4) is 0 Å². The molecule has 3 rings (SSSR count). The smallest absolute Gasteiger partial charge is 0.475 e. The number of alkyl halides is 6. The summed E-state index contributed by atoms with van der Waals surface area (Å²) in [6, 6.07) is 8.27. The van der Waals surface area contributed by atoms with Crippen LogP contribution in [0.15, 0.2) is 42.6 Å². The van der Waals surface area contributed by atoms with E-state index < -0.39 is 47.2 Å². The van der Waals surface area contributed by atoms with E-state index in [1.54, 1.807) is 24.3 Å². The summed E-state index contributed by atoms with van der Waals surface area (Å²) in [5, 5.41) is 24.9. The Labute approximate surface area is 237 Å². The molecule has 1 aliphatic rings. The van der Waals surface area contributed by atoms with Gasteiger partial charge < -0.3 is 31.3 Å². The maximum absolute atomic E-state index is 12.6. The van der Waals surface area contributed by atoms with Crippen LogP contribution in [-0.4, -0.2) is 79.8 Å². The van der Waals surface area contributed by atoms with Gasteiger partial charge in [-0.05, 0) is 37.0 Å². The summed E-state index contributed by atoms with van der Waals surface area (Å²) in [6.07, 6.45) is -7.45. The van der Waals surface area contributed by atoms with Gasteiger partial charge in [0.1, 0.15) is 18.0 Å². The van der Waals surface area contributed by atoms with Gasteiger partial charge in [-0.25, -0.2) is 14.6 Å². The Kier molecular flexibility index (Phi) is 12.8. The minimum atomic E-state index is -5.08. The minimum Gasteiger partial charge on any atom is -0.475 e. The van der Waals surface area contributed by atoms with Crippen LogP contribution in [0.5, 0.6) is 11.6 Å². The van der Waals surface area contributed by atoms with E-state index in [-0.39, 0.29) is 17.5 Å². The van der Waals surface area contributed by atoms with Gasteiger partial charge in [-0.1, -0.05) is 12.1 Å². The number of carbonyl (C=O) groups excluding carboxylic acids is 2. The number of nitrogens with two attached hydrogens (primary N) is 2. The second-order valence-electron chi connectivity index (χ2n) is 8.37. The second kappa shape index (κ2) is 15.3. The number of nitro groups is 1. The van der Waals surface area contributed by atoms with Gasteiger partial charge in [0.25, 0.3) is 5.69 Å². The fraction of sp³-hybridized carbons (Fsp3) is 0.348. The number of carbonyl (C=O) groups is 4. The number of amides is 2. The van der Waals surface area contributed by atoms with Crippen molar-refractivity contribution in [1.29, 1.82) is 0 Å². The lowest BCUT2D eigenvalue weighted by atomic mass is 10.0. The van der Waals surface area contributed by atoms with Crippen LogP contribution in [0.25, 0.3) is 0 Å². The second-order valence-corrected chi connectivity index (χ2v) is 8.37. The maximum atomic E-state index is 12.6. The standard InChI is InChI=1S/C19H21N5O5.2C2HF3O2/c20-15(19(26)23-9-1-2-16(23)18(21)25)10-12-3-6-14(7-4-12)29-17-8-5-13(11-22-17)24(27)28;2*3-2(4,5)1(6)7/h3-8,11,15-16H,1-2,9-10,20H2,(H2,21,25);2*(H,6,7)/t15-,16-;;/m0../s1. The van der Waals surface area contributed by atoms with Gasteiger partial charge in [-0.3, -0.25) is 19.7 Å². The molecule has 0 radical (unpaired) electrons. The zero-order chi connectivity index (χ0) is 33.1. The van der Waals surface area contributed by atoms with Crippen LogP contribution in [0, 0.1) is 10.1 Å². The summed E-state index contributed by atoms with van der Waals surface area (Å²) in [4.78, 5) is 57.3. The van der Waals surface area contributed by atoms with E-state index in [9.17, 15) is 46.0 Å². The normalized spacial score (nSPS) is 15.1. The molecule has 20 heteroatoms. The van der Waals surface area contributed by atoms with Crippen molar-refractivity contribution < 1.29 is 65.4 Å². The van der Waals surface area contributed by atoms with Gasteiger partial charge in [-0.15, -0.1) is 0 Å². The molecular weight excluding hydrogens is 604 g/mol. The Balaban J connectivity index is 0.000000548. The molecule has 0 unspecified atom stereocenters. The van der Waals surface area contributed by atoms with Crippen LogP contribution in [0.1, 0.15) is 18.4 Å². The van der Waals surface area contributed by atoms with Gasteiger partial charge in [0, 0.05) is 18.7 Å². The number of nitrogens with zero attached hydrogens (tertiary/aromatic N) is 3. The molecule has 1 aromatic heterocycles. The van der Waals surface area contributed by atoms with Crippen molar-refractivity contribution in [1.82, 2.24) is 9.88 Å². The lowest BCUT2D eigenvalue weighted by molar-refractivity contribution is -0.385. The molecule has 2 heterocycles. The largest absolute Gasteiger partial charge is 0.490 e. The molecule has 14 nitrogen and oxygen atoms in total. The number of ether oxygens (including phenoxy) is 1. The number of rotatable bonds is 7.